The van der Waals surface area contributed by atoms with E-state index in [0.29, 0.717) is 0 Å². The first kappa shape index (κ1) is 20.7. The Morgan fingerprint density at radius 1 is 0.938 bits per heavy atom. The second-order valence-corrected chi connectivity index (χ2v) is 9.11. The standard InChI is InChI=1S/C28H25NO2S/c1-29-24-17-21(31-2)13-14-22(24)23-15-16-25(32-18-19-9-5-3-6-10-19)26(27(23)28(29)30)20-11-7-4-8-12-20/h3-14,17H,15-16,18H2,1-2H3. The summed E-state index contributed by atoms with van der Waals surface area (Å²) in [5.41, 5.74) is 6.45. The van der Waals surface area contributed by atoms with Crippen molar-refractivity contribution >= 4 is 28.2 Å². The van der Waals surface area contributed by atoms with Gasteiger partial charge in [-0.2, -0.15) is 0 Å². The summed E-state index contributed by atoms with van der Waals surface area (Å²) in [7, 11) is 3.52. The highest BCUT2D eigenvalue weighted by molar-refractivity contribution is 8.02. The molecule has 0 radical (unpaired) electrons. The van der Waals surface area contributed by atoms with Crippen LogP contribution >= 0.6 is 11.8 Å². The number of fused-ring (bicyclic) bond motifs is 3. The van der Waals surface area contributed by atoms with Gasteiger partial charge in [-0.05, 0) is 46.6 Å². The van der Waals surface area contributed by atoms with Crippen molar-refractivity contribution in [3.8, 4) is 5.75 Å². The third-order valence-corrected chi connectivity index (χ3v) is 7.40. The molecule has 0 aliphatic heterocycles. The van der Waals surface area contributed by atoms with Crippen molar-refractivity contribution < 1.29 is 4.74 Å². The number of aryl methyl sites for hydroxylation is 2. The number of hydrogen-bond acceptors (Lipinski definition) is 3. The molecule has 0 N–H and O–H groups in total. The van der Waals surface area contributed by atoms with E-state index in [1.807, 2.05) is 55.2 Å². The van der Waals surface area contributed by atoms with Crippen molar-refractivity contribution in [3.05, 3.63) is 116 Å². The van der Waals surface area contributed by atoms with Crippen LogP contribution < -0.4 is 10.3 Å². The van der Waals surface area contributed by atoms with Crippen LogP contribution in [-0.2, 0) is 19.2 Å². The van der Waals surface area contributed by atoms with Gasteiger partial charge in [0, 0.05) is 29.8 Å². The Balaban J connectivity index is 1.72. The van der Waals surface area contributed by atoms with Crippen molar-refractivity contribution in [3.63, 3.8) is 0 Å². The molecule has 1 aliphatic rings. The second kappa shape index (κ2) is 8.71. The lowest BCUT2D eigenvalue weighted by Crippen LogP contribution is -2.26. The summed E-state index contributed by atoms with van der Waals surface area (Å²) in [6.07, 6.45) is 1.80. The minimum Gasteiger partial charge on any atom is -0.497 e. The van der Waals surface area contributed by atoms with Crippen LogP contribution in [0.2, 0.25) is 0 Å². The van der Waals surface area contributed by atoms with Crippen molar-refractivity contribution in [1.29, 1.82) is 0 Å². The van der Waals surface area contributed by atoms with E-state index in [1.54, 1.807) is 11.7 Å². The summed E-state index contributed by atoms with van der Waals surface area (Å²) >= 11 is 1.85. The molecule has 3 aromatic carbocycles. The Morgan fingerprint density at radius 2 is 1.66 bits per heavy atom. The molecular formula is C28H25NO2S. The highest BCUT2D eigenvalue weighted by Crippen LogP contribution is 2.42. The average molecular weight is 440 g/mol. The zero-order chi connectivity index (χ0) is 22.1. The minimum absolute atomic E-state index is 0.0529. The van der Waals surface area contributed by atoms with E-state index >= 15 is 0 Å². The van der Waals surface area contributed by atoms with Gasteiger partial charge in [-0.15, -0.1) is 11.8 Å². The maximum absolute atomic E-state index is 13.7. The molecule has 4 heteroatoms. The normalized spacial score (nSPS) is 13.3. The first-order chi connectivity index (χ1) is 15.7. The molecular weight excluding hydrogens is 414 g/mol. The van der Waals surface area contributed by atoms with Gasteiger partial charge in [0.2, 0.25) is 0 Å². The van der Waals surface area contributed by atoms with Crippen LogP contribution in [0, 0.1) is 0 Å². The number of ether oxygens (including phenoxy) is 1. The van der Waals surface area contributed by atoms with Gasteiger partial charge in [-0.25, -0.2) is 0 Å². The Labute approximate surface area is 192 Å². The van der Waals surface area contributed by atoms with Crippen LogP contribution in [-0.4, -0.2) is 11.7 Å². The van der Waals surface area contributed by atoms with Crippen molar-refractivity contribution in [1.82, 2.24) is 4.57 Å². The Morgan fingerprint density at radius 3 is 2.38 bits per heavy atom. The predicted octanol–water partition coefficient (Wildman–Crippen LogP) is 6.19. The van der Waals surface area contributed by atoms with Gasteiger partial charge in [0.05, 0.1) is 18.2 Å². The van der Waals surface area contributed by atoms with E-state index in [2.05, 4.69) is 42.5 Å². The average Bonchev–Trinajstić information content (AvgIpc) is 2.86. The Bertz CT molecular complexity index is 1370. The SMILES string of the molecule is COc1ccc2c3c(c(=O)n(C)c2c1)C(c1ccccc1)=C(SCc1ccccc1)CC3. The first-order valence-electron chi connectivity index (χ1n) is 10.8. The lowest BCUT2D eigenvalue weighted by Gasteiger charge is -2.26. The van der Waals surface area contributed by atoms with E-state index < -0.39 is 0 Å². The number of thioether (sulfide) groups is 1. The molecule has 1 aliphatic carbocycles. The zero-order valence-electron chi connectivity index (χ0n) is 18.3. The van der Waals surface area contributed by atoms with E-state index in [-0.39, 0.29) is 5.56 Å². The number of nitrogens with zero attached hydrogens (tertiary/aromatic N) is 1. The lowest BCUT2D eigenvalue weighted by molar-refractivity contribution is 0.415. The van der Waals surface area contributed by atoms with Crippen molar-refractivity contribution in [2.75, 3.05) is 7.11 Å². The molecule has 5 rings (SSSR count). The molecule has 0 saturated heterocycles. The molecule has 1 heterocycles. The number of hydrogen-bond donors (Lipinski definition) is 0. The number of allylic oxidation sites excluding steroid dienone is 1. The van der Waals surface area contributed by atoms with E-state index in [0.717, 1.165) is 57.5 Å². The molecule has 160 valence electrons. The molecule has 0 bridgehead atoms. The molecule has 0 amide bonds. The summed E-state index contributed by atoms with van der Waals surface area (Å²) < 4.78 is 7.18. The van der Waals surface area contributed by atoms with Crippen LogP contribution in [0.4, 0.5) is 0 Å². The fourth-order valence-corrected chi connectivity index (χ4v) is 5.68. The quantitative estimate of drug-likeness (QED) is 0.372. The van der Waals surface area contributed by atoms with Crippen LogP contribution in [0.5, 0.6) is 5.75 Å². The number of pyridine rings is 1. The first-order valence-corrected chi connectivity index (χ1v) is 11.8. The zero-order valence-corrected chi connectivity index (χ0v) is 19.1. The molecule has 3 nitrogen and oxygen atoms in total. The number of aromatic nitrogens is 1. The second-order valence-electron chi connectivity index (χ2n) is 8.04. The Kier molecular flexibility index (Phi) is 5.62. The predicted molar refractivity (Wildman–Crippen MR) is 134 cm³/mol. The number of methoxy groups -OCH3 is 1. The summed E-state index contributed by atoms with van der Waals surface area (Å²) in [5, 5.41) is 1.13. The van der Waals surface area contributed by atoms with Crippen molar-refractivity contribution in [2.45, 2.75) is 18.6 Å². The maximum atomic E-state index is 13.7. The molecule has 0 unspecified atom stereocenters. The minimum atomic E-state index is 0.0529. The van der Waals surface area contributed by atoms with Gasteiger partial charge in [0.15, 0.2) is 0 Å². The fourth-order valence-electron chi connectivity index (χ4n) is 4.53. The largest absolute Gasteiger partial charge is 0.497 e. The van der Waals surface area contributed by atoms with Crippen LogP contribution in [0.1, 0.15) is 28.7 Å². The third-order valence-electron chi connectivity index (χ3n) is 6.16. The monoisotopic (exact) mass is 439 g/mol. The molecule has 0 saturated carbocycles. The van der Waals surface area contributed by atoms with E-state index in [1.165, 1.54) is 10.5 Å². The molecule has 0 spiro atoms. The van der Waals surface area contributed by atoms with Crippen molar-refractivity contribution in [2.24, 2.45) is 7.05 Å². The van der Waals surface area contributed by atoms with Gasteiger partial charge >= 0.3 is 0 Å². The van der Waals surface area contributed by atoms with Gasteiger partial charge < -0.3 is 9.30 Å². The van der Waals surface area contributed by atoms with Crippen LogP contribution in [0.15, 0.2) is 88.6 Å². The summed E-state index contributed by atoms with van der Waals surface area (Å²) in [6.45, 7) is 0. The van der Waals surface area contributed by atoms with Gasteiger partial charge in [-0.1, -0.05) is 60.7 Å². The summed E-state index contributed by atoms with van der Waals surface area (Å²) in [5.74, 6) is 1.66. The number of benzene rings is 3. The van der Waals surface area contributed by atoms with Gasteiger partial charge in [-0.3, -0.25) is 4.79 Å². The molecule has 0 fully saturated rings. The number of rotatable bonds is 5. The van der Waals surface area contributed by atoms with Gasteiger partial charge in [0.25, 0.3) is 5.56 Å². The fraction of sp³-hybridized carbons (Fsp3) is 0.179. The highest BCUT2D eigenvalue weighted by Gasteiger charge is 2.26. The topological polar surface area (TPSA) is 31.2 Å². The van der Waals surface area contributed by atoms with Gasteiger partial charge in [0.1, 0.15) is 5.75 Å². The maximum Gasteiger partial charge on any atom is 0.258 e. The Hall–Kier alpha value is -3.24. The highest BCUT2D eigenvalue weighted by atomic mass is 32.2. The third kappa shape index (κ3) is 3.65. The smallest absolute Gasteiger partial charge is 0.258 e. The molecule has 32 heavy (non-hydrogen) atoms. The summed E-state index contributed by atoms with van der Waals surface area (Å²) in [6, 6.07) is 26.9. The molecule has 1 aromatic heterocycles. The van der Waals surface area contributed by atoms with Crippen LogP contribution in [0.3, 0.4) is 0 Å². The van der Waals surface area contributed by atoms with Crippen LogP contribution in [0.25, 0.3) is 16.5 Å². The lowest BCUT2D eigenvalue weighted by atomic mass is 9.85. The van der Waals surface area contributed by atoms with E-state index in [4.69, 9.17) is 4.74 Å². The summed E-state index contributed by atoms with van der Waals surface area (Å²) in [4.78, 5) is 15.0. The molecule has 0 atom stereocenters. The molecule has 4 aromatic rings. The van der Waals surface area contributed by atoms with E-state index in [9.17, 15) is 4.79 Å².